The number of aryl methyl sites for hydroxylation is 1. The maximum Gasteiger partial charge on any atom is 0.259 e. The van der Waals surface area contributed by atoms with Crippen LogP contribution in [0.4, 0.5) is 14.5 Å². The lowest BCUT2D eigenvalue weighted by Gasteiger charge is -2.08. The van der Waals surface area contributed by atoms with Gasteiger partial charge >= 0.3 is 0 Å². The Morgan fingerprint density at radius 3 is 2.66 bits per heavy atom. The molecule has 3 heterocycles. The van der Waals surface area contributed by atoms with Crippen LogP contribution in [0.25, 0.3) is 28.1 Å². The van der Waals surface area contributed by atoms with E-state index in [2.05, 4.69) is 20.4 Å². The Morgan fingerprint density at radius 2 is 1.88 bits per heavy atom. The molecule has 7 nitrogen and oxygen atoms in total. The van der Waals surface area contributed by atoms with Gasteiger partial charge in [0.05, 0.1) is 28.5 Å². The van der Waals surface area contributed by atoms with Crippen LogP contribution in [0.5, 0.6) is 0 Å². The highest BCUT2D eigenvalue weighted by molar-refractivity contribution is 6.08. The van der Waals surface area contributed by atoms with Crippen LogP contribution in [0.2, 0.25) is 0 Å². The zero-order valence-electron chi connectivity index (χ0n) is 16.8. The van der Waals surface area contributed by atoms with Gasteiger partial charge in [-0.15, -0.1) is 0 Å². The van der Waals surface area contributed by atoms with Crippen molar-refractivity contribution in [3.05, 3.63) is 90.5 Å². The van der Waals surface area contributed by atoms with Crippen molar-refractivity contribution in [1.29, 1.82) is 0 Å². The second-order valence-electron chi connectivity index (χ2n) is 7.15. The third-order valence-electron chi connectivity index (χ3n) is 4.97. The summed E-state index contributed by atoms with van der Waals surface area (Å²) in [5, 5.41) is 6.92. The Hall–Kier alpha value is -4.40. The molecule has 0 fully saturated rings. The zero-order chi connectivity index (χ0) is 22.2. The number of carbonyl (C=O) groups excluding carboxylic acids is 1. The van der Waals surface area contributed by atoms with Crippen LogP contribution in [0.1, 0.15) is 10.4 Å². The van der Waals surface area contributed by atoms with Gasteiger partial charge in [0.25, 0.3) is 5.91 Å². The number of nitrogens with zero attached hydrogens (tertiary/aromatic N) is 5. The Balaban J connectivity index is 1.41. The quantitative estimate of drug-likeness (QED) is 0.460. The molecule has 0 saturated heterocycles. The van der Waals surface area contributed by atoms with E-state index >= 15 is 0 Å². The van der Waals surface area contributed by atoms with Gasteiger partial charge in [0.2, 0.25) is 0 Å². The van der Waals surface area contributed by atoms with E-state index in [9.17, 15) is 13.6 Å². The van der Waals surface area contributed by atoms with Gasteiger partial charge in [0.15, 0.2) is 0 Å². The average Bonchev–Trinajstić information content (AvgIpc) is 3.38. The van der Waals surface area contributed by atoms with Gasteiger partial charge in [0.1, 0.15) is 29.5 Å². The van der Waals surface area contributed by atoms with Gasteiger partial charge < -0.3 is 5.32 Å². The summed E-state index contributed by atoms with van der Waals surface area (Å²) in [4.78, 5) is 21.6. The largest absolute Gasteiger partial charge is 0.320 e. The van der Waals surface area contributed by atoms with Gasteiger partial charge in [-0.05, 0) is 36.4 Å². The number of rotatable bonds is 4. The van der Waals surface area contributed by atoms with Crippen LogP contribution in [0.15, 0.2) is 73.3 Å². The van der Waals surface area contributed by atoms with E-state index in [0.29, 0.717) is 11.5 Å². The lowest BCUT2D eigenvalue weighted by molar-refractivity contribution is 0.102. The first kappa shape index (κ1) is 19.6. The van der Waals surface area contributed by atoms with E-state index in [-0.39, 0.29) is 16.8 Å². The predicted molar refractivity (Wildman–Crippen MR) is 115 cm³/mol. The monoisotopic (exact) mass is 430 g/mol. The van der Waals surface area contributed by atoms with Gasteiger partial charge in [-0.3, -0.25) is 14.0 Å². The van der Waals surface area contributed by atoms with Crippen molar-refractivity contribution in [3.8, 4) is 17.1 Å². The second-order valence-corrected chi connectivity index (χ2v) is 7.15. The number of anilines is 1. The molecule has 0 saturated carbocycles. The number of hydrogen-bond acceptors (Lipinski definition) is 4. The molecule has 1 N–H and O–H groups in total. The van der Waals surface area contributed by atoms with Gasteiger partial charge in [-0.25, -0.2) is 18.7 Å². The minimum Gasteiger partial charge on any atom is -0.320 e. The number of carbonyl (C=O) groups is 1. The van der Waals surface area contributed by atoms with E-state index in [1.807, 2.05) is 28.8 Å². The Labute approximate surface area is 181 Å². The van der Waals surface area contributed by atoms with E-state index < -0.39 is 17.5 Å². The van der Waals surface area contributed by atoms with Crippen LogP contribution in [0.3, 0.4) is 0 Å². The number of amides is 1. The highest BCUT2D eigenvalue weighted by atomic mass is 19.1. The number of benzene rings is 2. The van der Waals surface area contributed by atoms with Crippen LogP contribution >= 0.6 is 0 Å². The summed E-state index contributed by atoms with van der Waals surface area (Å²) in [5.41, 5.74) is 2.54. The predicted octanol–water partition coefficient (Wildman–Crippen LogP) is 4.35. The lowest BCUT2D eigenvalue weighted by Crippen LogP contribution is -2.13. The summed E-state index contributed by atoms with van der Waals surface area (Å²) in [6.45, 7) is 0. The van der Waals surface area contributed by atoms with E-state index in [0.717, 1.165) is 23.2 Å². The number of nitrogens with one attached hydrogen (secondary N) is 1. The van der Waals surface area contributed by atoms with Crippen LogP contribution in [0, 0.1) is 11.6 Å². The molecule has 2 aromatic carbocycles. The molecule has 0 aliphatic heterocycles. The van der Waals surface area contributed by atoms with E-state index in [4.69, 9.17) is 0 Å². The molecule has 32 heavy (non-hydrogen) atoms. The molecule has 0 unspecified atom stereocenters. The molecule has 0 aliphatic rings. The highest BCUT2D eigenvalue weighted by Gasteiger charge is 2.20. The fourth-order valence-corrected chi connectivity index (χ4v) is 3.48. The molecule has 5 rings (SSSR count). The van der Waals surface area contributed by atoms with E-state index in [1.165, 1.54) is 23.1 Å². The van der Waals surface area contributed by atoms with Crippen LogP contribution in [-0.2, 0) is 7.05 Å². The number of aromatic nitrogens is 5. The van der Waals surface area contributed by atoms with E-state index in [1.54, 1.807) is 25.5 Å². The highest BCUT2D eigenvalue weighted by Crippen LogP contribution is 2.26. The third kappa shape index (κ3) is 3.49. The Bertz CT molecular complexity index is 1460. The zero-order valence-corrected chi connectivity index (χ0v) is 16.8. The number of fused-ring (bicyclic) bond motifs is 1. The maximum absolute atomic E-state index is 14.3. The Kier molecular flexibility index (Phi) is 4.70. The van der Waals surface area contributed by atoms with Gasteiger partial charge in [0, 0.05) is 24.9 Å². The minimum absolute atomic E-state index is 0.0395. The SMILES string of the molecule is Cn1cc(C(=O)Nc2ccc(-n3cnc4ccccc43)nc2)c(-c2ccc(F)cc2F)n1. The normalized spacial score (nSPS) is 11.1. The van der Waals surface area contributed by atoms with Crippen molar-refractivity contribution in [3.63, 3.8) is 0 Å². The summed E-state index contributed by atoms with van der Waals surface area (Å²) in [7, 11) is 1.62. The number of halogens is 2. The van der Waals surface area contributed by atoms with Crippen molar-refractivity contribution in [2.75, 3.05) is 5.32 Å². The molecule has 9 heteroatoms. The summed E-state index contributed by atoms with van der Waals surface area (Å²) < 4.78 is 30.8. The molecule has 0 bridgehead atoms. The van der Waals surface area contributed by atoms with Crippen molar-refractivity contribution in [2.45, 2.75) is 0 Å². The first-order chi connectivity index (χ1) is 15.5. The topological polar surface area (TPSA) is 77.6 Å². The third-order valence-corrected chi connectivity index (χ3v) is 4.97. The summed E-state index contributed by atoms with van der Waals surface area (Å²) >= 11 is 0. The molecule has 158 valence electrons. The van der Waals surface area contributed by atoms with Crippen molar-refractivity contribution < 1.29 is 13.6 Å². The summed E-state index contributed by atoms with van der Waals surface area (Å²) in [5.74, 6) is -1.34. The number of para-hydroxylation sites is 2. The molecular weight excluding hydrogens is 414 g/mol. The smallest absolute Gasteiger partial charge is 0.259 e. The summed E-state index contributed by atoms with van der Waals surface area (Å²) in [6.07, 6.45) is 4.69. The fourth-order valence-electron chi connectivity index (χ4n) is 3.48. The number of imidazole rings is 1. The maximum atomic E-state index is 14.3. The first-order valence-electron chi connectivity index (χ1n) is 9.68. The molecule has 1 amide bonds. The van der Waals surface area contributed by atoms with Gasteiger partial charge in [-0.2, -0.15) is 5.10 Å². The molecule has 5 aromatic rings. The van der Waals surface area contributed by atoms with Gasteiger partial charge in [-0.1, -0.05) is 12.1 Å². The number of pyridine rings is 1. The molecule has 0 spiro atoms. The second kappa shape index (κ2) is 7.69. The molecule has 0 aliphatic carbocycles. The lowest BCUT2D eigenvalue weighted by atomic mass is 10.1. The fraction of sp³-hybridized carbons (Fsp3) is 0.0435. The van der Waals surface area contributed by atoms with Crippen LogP contribution < -0.4 is 5.32 Å². The number of hydrogen-bond donors (Lipinski definition) is 1. The van der Waals surface area contributed by atoms with Crippen molar-refractivity contribution in [2.24, 2.45) is 7.05 Å². The molecule has 3 aromatic heterocycles. The van der Waals surface area contributed by atoms with Crippen LogP contribution in [-0.4, -0.2) is 30.2 Å². The Morgan fingerprint density at radius 1 is 1.03 bits per heavy atom. The average molecular weight is 430 g/mol. The van der Waals surface area contributed by atoms with Crippen molar-refractivity contribution >= 4 is 22.6 Å². The summed E-state index contributed by atoms with van der Waals surface area (Å²) in [6, 6.07) is 14.3. The standard InChI is InChI=1S/C23H16F2N6O/c1-30-12-17(22(29-30)16-8-6-14(24)10-18(16)25)23(32)28-15-7-9-21(26-11-15)31-13-27-19-4-2-3-5-20(19)31/h2-13H,1H3,(H,28,32). The molecule has 0 atom stereocenters. The minimum atomic E-state index is -0.795. The van der Waals surface area contributed by atoms with Crippen molar-refractivity contribution in [1.82, 2.24) is 24.3 Å². The first-order valence-corrected chi connectivity index (χ1v) is 9.68. The molecule has 0 radical (unpaired) electrons. The molecular formula is C23H16F2N6O.